The molecule has 1 N–H and O–H groups in total. The Balaban J connectivity index is 1.72. The molecule has 0 bridgehead atoms. The van der Waals surface area contributed by atoms with Gasteiger partial charge >= 0.3 is 6.61 Å². The van der Waals surface area contributed by atoms with E-state index in [0.717, 1.165) is 17.7 Å². The highest BCUT2D eigenvalue weighted by Gasteiger charge is 2.10. The zero-order chi connectivity index (χ0) is 21.5. The van der Waals surface area contributed by atoms with Gasteiger partial charge in [-0.2, -0.15) is 23.7 Å². The number of nitrogens with one attached hydrogen (secondary N) is 1. The predicted octanol–water partition coefficient (Wildman–Crippen LogP) is 5.52. The smallest absolute Gasteiger partial charge is 0.387 e. The van der Waals surface area contributed by atoms with E-state index in [2.05, 4.69) is 33.9 Å². The average Bonchev–Trinajstić information content (AvgIpc) is 3.08. The number of halogens is 2. The molecule has 0 atom stereocenters. The summed E-state index contributed by atoms with van der Waals surface area (Å²) < 4.78 is 36.5. The number of aromatic nitrogens is 3. The lowest BCUT2D eigenvalue weighted by Crippen LogP contribution is -2.01. The zero-order valence-corrected chi connectivity index (χ0v) is 17.4. The summed E-state index contributed by atoms with van der Waals surface area (Å²) >= 11 is 5.25. The molecule has 0 spiro atoms. The van der Waals surface area contributed by atoms with Gasteiger partial charge in [0, 0.05) is 5.56 Å². The molecule has 2 aromatic carbocycles. The van der Waals surface area contributed by atoms with Gasteiger partial charge in [0.05, 0.1) is 12.8 Å². The van der Waals surface area contributed by atoms with Crippen LogP contribution >= 0.6 is 12.2 Å². The summed E-state index contributed by atoms with van der Waals surface area (Å²) in [5, 5.41) is 11.3. The van der Waals surface area contributed by atoms with Crippen LogP contribution in [0.25, 0.3) is 11.4 Å². The second-order valence-electron chi connectivity index (χ2n) is 6.91. The number of hydrogen-bond donors (Lipinski definition) is 1. The molecule has 0 saturated heterocycles. The fourth-order valence-corrected chi connectivity index (χ4v) is 2.74. The van der Waals surface area contributed by atoms with Gasteiger partial charge < -0.3 is 9.47 Å². The second kappa shape index (κ2) is 10.1. The van der Waals surface area contributed by atoms with Gasteiger partial charge in [-0.05, 0) is 78.7 Å². The quantitative estimate of drug-likeness (QED) is 0.357. The highest BCUT2D eigenvalue weighted by molar-refractivity contribution is 7.71. The number of ether oxygens (including phenoxy) is 2. The lowest BCUT2D eigenvalue weighted by Gasteiger charge is -2.08. The van der Waals surface area contributed by atoms with Gasteiger partial charge in [0.1, 0.15) is 11.5 Å². The molecular formula is C21H22F2N4O2S. The van der Waals surface area contributed by atoms with Crippen LogP contribution in [-0.2, 0) is 0 Å². The summed E-state index contributed by atoms with van der Waals surface area (Å²) in [7, 11) is 0. The Bertz CT molecular complexity index is 1030. The van der Waals surface area contributed by atoms with Gasteiger partial charge in [0.25, 0.3) is 0 Å². The van der Waals surface area contributed by atoms with Crippen molar-refractivity contribution in [1.82, 2.24) is 14.9 Å². The van der Waals surface area contributed by atoms with E-state index in [1.807, 2.05) is 24.3 Å². The van der Waals surface area contributed by atoms with Gasteiger partial charge in [-0.25, -0.2) is 5.10 Å². The van der Waals surface area contributed by atoms with Crippen molar-refractivity contribution >= 4 is 18.4 Å². The second-order valence-corrected chi connectivity index (χ2v) is 7.30. The summed E-state index contributed by atoms with van der Waals surface area (Å²) in [4.78, 5) is 0. The Morgan fingerprint density at radius 2 is 1.77 bits per heavy atom. The summed E-state index contributed by atoms with van der Waals surface area (Å²) in [6, 6.07) is 13.7. The van der Waals surface area contributed by atoms with E-state index in [1.54, 1.807) is 18.3 Å². The normalized spacial score (nSPS) is 11.5. The molecule has 9 heteroatoms. The Morgan fingerprint density at radius 3 is 2.40 bits per heavy atom. The predicted molar refractivity (Wildman–Crippen MR) is 114 cm³/mol. The van der Waals surface area contributed by atoms with Crippen molar-refractivity contribution in [2.24, 2.45) is 11.0 Å². The molecule has 158 valence electrons. The van der Waals surface area contributed by atoms with Crippen molar-refractivity contribution in [3.63, 3.8) is 0 Å². The fourth-order valence-electron chi connectivity index (χ4n) is 2.56. The summed E-state index contributed by atoms with van der Waals surface area (Å²) in [5.41, 5.74) is 1.51. The van der Waals surface area contributed by atoms with Gasteiger partial charge in [-0.15, -0.1) is 0 Å². The van der Waals surface area contributed by atoms with Crippen LogP contribution in [-0.4, -0.2) is 34.3 Å². The monoisotopic (exact) mass is 432 g/mol. The minimum Gasteiger partial charge on any atom is -0.494 e. The van der Waals surface area contributed by atoms with E-state index < -0.39 is 6.61 Å². The highest BCUT2D eigenvalue weighted by atomic mass is 32.1. The Morgan fingerprint density at radius 1 is 1.10 bits per heavy atom. The van der Waals surface area contributed by atoms with Gasteiger partial charge in [0.15, 0.2) is 5.82 Å². The molecule has 0 aliphatic carbocycles. The van der Waals surface area contributed by atoms with E-state index in [-0.39, 0.29) is 5.75 Å². The van der Waals surface area contributed by atoms with Crippen LogP contribution in [0.2, 0.25) is 0 Å². The molecule has 0 aliphatic heterocycles. The number of benzene rings is 2. The molecule has 3 aromatic rings. The van der Waals surface area contributed by atoms with Crippen LogP contribution in [0.15, 0.2) is 53.6 Å². The van der Waals surface area contributed by atoms with Crippen LogP contribution in [0.3, 0.4) is 0 Å². The molecule has 1 aromatic heterocycles. The molecule has 1 heterocycles. The molecule has 0 saturated carbocycles. The lowest BCUT2D eigenvalue weighted by molar-refractivity contribution is -0.0498. The molecule has 0 unspecified atom stereocenters. The van der Waals surface area contributed by atoms with E-state index in [1.165, 1.54) is 16.8 Å². The summed E-state index contributed by atoms with van der Waals surface area (Å²) in [5.74, 6) is 1.92. The number of aromatic amines is 1. The molecule has 6 nitrogen and oxygen atoms in total. The molecular weight excluding hydrogens is 410 g/mol. The highest BCUT2D eigenvalue weighted by Crippen LogP contribution is 2.22. The van der Waals surface area contributed by atoms with Gasteiger partial charge in [-0.3, -0.25) is 0 Å². The van der Waals surface area contributed by atoms with E-state index >= 15 is 0 Å². The molecule has 30 heavy (non-hydrogen) atoms. The van der Waals surface area contributed by atoms with Crippen molar-refractivity contribution in [1.29, 1.82) is 0 Å². The minimum absolute atomic E-state index is 0.0636. The molecule has 0 aliphatic rings. The van der Waals surface area contributed by atoms with Gasteiger partial charge in [0.2, 0.25) is 4.77 Å². The number of H-pyrrole nitrogens is 1. The first-order valence-electron chi connectivity index (χ1n) is 9.42. The van der Waals surface area contributed by atoms with E-state index in [0.29, 0.717) is 28.7 Å². The summed E-state index contributed by atoms with van der Waals surface area (Å²) in [6.07, 6.45) is 2.65. The van der Waals surface area contributed by atoms with Crippen LogP contribution in [0, 0.1) is 10.7 Å². The topological polar surface area (TPSA) is 64.4 Å². The third-order valence-corrected chi connectivity index (χ3v) is 4.42. The maximum absolute atomic E-state index is 12.3. The lowest BCUT2D eigenvalue weighted by atomic mass is 10.1. The number of nitrogens with zero attached hydrogens (tertiary/aromatic N) is 3. The number of alkyl halides is 2. The van der Waals surface area contributed by atoms with Crippen LogP contribution in [0.4, 0.5) is 8.78 Å². The van der Waals surface area contributed by atoms with Crippen LogP contribution in [0.5, 0.6) is 11.5 Å². The van der Waals surface area contributed by atoms with Crippen molar-refractivity contribution in [2.75, 3.05) is 6.61 Å². The molecule has 3 rings (SSSR count). The first kappa shape index (κ1) is 21.6. The SMILES string of the molecule is CC(C)CCOc1ccc(C=Nn2c(-c3ccc(OC(F)F)cc3)n[nH]c2=S)cc1. The third kappa shape index (κ3) is 5.96. The minimum atomic E-state index is -2.87. The standard InChI is InChI=1S/C21H22F2N4O2S/c1-14(2)11-12-28-17-7-3-15(4-8-17)13-24-27-19(25-26-21(27)30)16-5-9-18(10-6-16)29-20(22)23/h3-10,13-14,20H,11-12H2,1-2H3,(H,26,30). The van der Waals surface area contributed by atoms with Crippen molar-refractivity contribution in [3.05, 3.63) is 58.9 Å². The maximum Gasteiger partial charge on any atom is 0.387 e. The van der Waals surface area contributed by atoms with Crippen molar-refractivity contribution < 1.29 is 18.3 Å². The average molecular weight is 432 g/mol. The summed E-state index contributed by atoms with van der Waals surface area (Å²) in [6.45, 7) is 2.12. The van der Waals surface area contributed by atoms with Crippen LogP contribution in [0.1, 0.15) is 25.8 Å². The zero-order valence-electron chi connectivity index (χ0n) is 16.6. The fraction of sp³-hybridized carbons (Fsp3) is 0.286. The molecule has 0 radical (unpaired) electrons. The van der Waals surface area contributed by atoms with E-state index in [4.69, 9.17) is 17.0 Å². The third-order valence-electron chi connectivity index (χ3n) is 4.15. The van der Waals surface area contributed by atoms with Crippen molar-refractivity contribution in [2.45, 2.75) is 26.9 Å². The van der Waals surface area contributed by atoms with E-state index in [9.17, 15) is 8.78 Å². The van der Waals surface area contributed by atoms with Crippen LogP contribution < -0.4 is 9.47 Å². The Kier molecular flexibility index (Phi) is 7.29. The first-order chi connectivity index (χ1) is 14.4. The number of rotatable bonds is 9. The molecule has 0 amide bonds. The van der Waals surface area contributed by atoms with Crippen molar-refractivity contribution in [3.8, 4) is 22.9 Å². The largest absolute Gasteiger partial charge is 0.494 e. The Hall–Kier alpha value is -3.07. The Labute approximate surface area is 178 Å². The molecule has 0 fully saturated rings. The maximum atomic E-state index is 12.3. The first-order valence-corrected chi connectivity index (χ1v) is 9.83. The number of hydrogen-bond acceptors (Lipinski definition) is 5. The van der Waals surface area contributed by atoms with Gasteiger partial charge in [-0.1, -0.05) is 13.8 Å².